The van der Waals surface area contributed by atoms with Gasteiger partial charge < -0.3 is 9.72 Å². The summed E-state index contributed by atoms with van der Waals surface area (Å²) in [5, 5.41) is 0. The van der Waals surface area contributed by atoms with Gasteiger partial charge in [-0.05, 0) is 19.1 Å². The number of imidazole rings is 1. The van der Waals surface area contributed by atoms with Crippen LogP contribution in [0.3, 0.4) is 0 Å². The second-order valence-electron chi connectivity index (χ2n) is 2.66. The van der Waals surface area contributed by atoms with Crippen molar-refractivity contribution >= 4 is 0 Å². The molecule has 0 aliphatic heterocycles. The third kappa shape index (κ3) is 1.84. The molecule has 0 saturated heterocycles. The van der Waals surface area contributed by atoms with E-state index in [2.05, 4.69) is 15.0 Å². The smallest absolute Gasteiger partial charge is 0.299 e. The van der Waals surface area contributed by atoms with Crippen molar-refractivity contribution in [1.82, 2.24) is 15.0 Å². The maximum Gasteiger partial charge on any atom is 0.299 e. The highest BCUT2D eigenvalue weighted by Gasteiger charge is 1.98. The van der Waals surface area contributed by atoms with Crippen LogP contribution in [0.4, 0.5) is 0 Å². The Kier molecular flexibility index (Phi) is 1.96. The fourth-order valence-corrected chi connectivity index (χ4v) is 0.960. The summed E-state index contributed by atoms with van der Waals surface area (Å²) >= 11 is 0. The largest absolute Gasteiger partial charge is 0.424 e. The zero-order chi connectivity index (χ0) is 9.10. The Morgan fingerprint density at radius 2 is 2.31 bits per heavy atom. The molecule has 2 rings (SSSR count). The van der Waals surface area contributed by atoms with Crippen LogP contribution in [-0.4, -0.2) is 15.0 Å². The molecule has 0 aliphatic rings. The van der Waals surface area contributed by atoms with E-state index >= 15 is 0 Å². The van der Waals surface area contributed by atoms with Crippen LogP contribution in [0, 0.1) is 6.92 Å². The molecule has 0 bridgehead atoms. The molecule has 4 nitrogen and oxygen atoms in total. The number of hydrogen-bond donors (Lipinski definition) is 1. The maximum atomic E-state index is 5.37. The Morgan fingerprint density at radius 3 is 2.92 bits per heavy atom. The summed E-state index contributed by atoms with van der Waals surface area (Å²) in [4.78, 5) is 10.9. The number of hydrogen-bond acceptors (Lipinski definition) is 3. The average Bonchev–Trinajstić information content (AvgIpc) is 2.53. The van der Waals surface area contributed by atoms with Gasteiger partial charge in [0, 0.05) is 11.9 Å². The van der Waals surface area contributed by atoms with Gasteiger partial charge in [0.1, 0.15) is 5.75 Å². The van der Waals surface area contributed by atoms with Crippen LogP contribution < -0.4 is 4.74 Å². The molecule has 0 unspecified atom stereocenters. The molecule has 1 N–H and O–H groups in total. The number of H-pyrrole nitrogens is 1. The second-order valence-corrected chi connectivity index (χ2v) is 2.66. The zero-order valence-corrected chi connectivity index (χ0v) is 7.19. The quantitative estimate of drug-likeness (QED) is 0.758. The van der Waals surface area contributed by atoms with E-state index in [-0.39, 0.29) is 0 Å². The lowest BCUT2D eigenvalue weighted by Crippen LogP contribution is -1.86. The normalized spacial score (nSPS) is 9.92. The van der Waals surface area contributed by atoms with E-state index in [1.807, 2.05) is 19.1 Å². The first-order valence-electron chi connectivity index (χ1n) is 3.94. The van der Waals surface area contributed by atoms with Gasteiger partial charge in [-0.2, -0.15) is 0 Å². The van der Waals surface area contributed by atoms with E-state index in [0.29, 0.717) is 11.8 Å². The van der Waals surface area contributed by atoms with Crippen molar-refractivity contribution in [2.24, 2.45) is 0 Å². The lowest BCUT2D eigenvalue weighted by Gasteiger charge is -1.98. The van der Waals surface area contributed by atoms with Crippen LogP contribution in [-0.2, 0) is 0 Å². The molecular weight excluding hydrogens is 166 g/mol. The summed E-state index contributed by atoms with van der Waals surface area (Å²) in [5.41, 5.74) is 0.971. The van der Waals surface area contributed by atoms with Crippen LogP contribution >= 0.6 is 0 Å². The van der Waals surface area contributed by atoms with Gasteiger partial charge in [-0.25, -0.2) is 4.98 Å². The van der Waals surface area contributed by atoms with Crippen LogP contribution in [0.1, 0.15) is 5.69 Å². The van der Waals surface area contributed by atoms with Gasteiger partial charge in [-0.3, -0.25) is 4.98 Å². The summed E-state index contributed by atoms with van der Waals surface area (Å²) in [6.07, 6.45) is 5.05. The molecule has 0 radical (unpaired) electrons. The summed E-state index contributed by atoms with van der Waals surface area (Å²) in [6.45, 7) is 1.92. The average molecular weight is 175 g/mol. The van der Waals surface area contributed by atoms with Crippen LogP contribution in [0.15, 0.2) is 30.7 Å². The van der Waals surface area contributed by atoms with Crippen LogP contribution in [0.5, 0.6) is 11.8 Å². The number of rotatable bonds is 2. The number of ether oxygens (including phenoxy) is 1. The highest BCUT2D eigenvalue weighted by molar-refractivity contribution is 5.20. The Balaban J connectivity index is 2.15. The number of nitrogens with zero attached hydrogens (tertiary/aromatic N) is 2. The van der Waals surface area contributed by atoms with E-state index in [4.69, 9.17) is 4.74 Å². The summed E-state index contributed by atoms with van der Waals surface area (Å²) in [6, 6.07) is 4.13. The highest BCUT2D eigenvalue weighted by atomic mass is 16.5. The molecular formula is C9H9N3O. The van der Waals surface area contributed by atoms with Gasteiger partial charge in [0.05, 0.1) is 12.4 Å². The first kappa shape index (κ1) is 7.79. The third-order valence-electron chi connectivity index (χ3n) is 1.53. The molecule has 0 fully saturated rings. The van der Waals surface area contributed by atoms with Gasteiger partial charge >= 0.3 is 0 Å². The summed E-state index contributed by atoms with van der Waals surface area (Å²) in [5.74, 6) is 0.678. The third-order valence-corrected chi connectivity index (χ3v) is 1.53. The van der Waals surface area contributed by atoms with E-state index in [1.165, 1.54) is 0 Å². The molecule has 2 heterocycles. The fourth-order valence-electron chi connectivity index (χ4n) is 0.960. The molecule has 0 atom stereocenters. The standard InChI is InChI=1S/C9H9N3O/c1-7-5-11-9(12-7)13-8-3-2-4-10-6-8/h2-6H,1H3,(H,11,12). The van der Waals surface area contributed by atoms with E-state index < -0.39 is 0 Å². The highest BCUT2D eigenvalue weighted by Crippen LogP contribution is 2.15. The molecule has 13 heavy (non-hydrogen) atoms. The van der Waals surface area contributed by atoms with Crippen LogP contribution in [0.25, 0.3) is 0 Å². The predicted octanol–water partition coefficient (Wildman–Crippen LogP) is 1.91. The molecule has 66 valence electrons. The number of aromatic nitrogens is 3. The van der Waals surface area contributed by atoms with Gasteiger partial charge in [0.25, 0.3) is 6.01 Å². The Labute approximate surface area is 75.6 Å². The van der Waals surface area contributed by atoms with Crippen molar-refractivity contribution in [1.29, 1.82) is 0 Å². The molecule has 0 amide bonds. The van der Waals surface area contributed by atoms with Crippen molar-refractivity contribution in [3.8, 4) is 11.8 Å². The van der Waals surface area contributed by atoms with Gasteiger partial charge in [-0.1, -0.05) is 0 Å². The minimum atomic E-state index is 0.491. The maximum absolute atomic E-state index is 5.37. The number of aryl methyl sites for hydroxylation is 1. The van der Waals surface area contributed by atoms with Crippen molar-refractivity contribution in [2.45, 2.75) is 6.92 Å². The fraction of sp³-hybridized carbons (Fsp3) is 0.111. The Bertz CT molecular complexity index is 383. The predicted molar refractivity (Wildman–Crippen MR) is 47.6 cm³/mol. The first-order valence-corrected chi connectivity index (χ1v) is 3.94. The molecule has 0 saturated carbocycles. The Hall–Kier alpha value is -1.84. The van der Waals surface area contributed by atoms with Gasteiger partial charge in [0.15, 0.2) is 0 Å². The van der Waals surface area contributed by atoms with E-state index in [9.17, 15) is 0 Å². The monoisotopic (exact) mass is 175 g/mol. The minimum absolute atomic E-state index is 0.491. The molecule has 0 spiro atoms. The lowest BCUT2D eigenvalue weighted by molar-refractivity contribution is 0.445. The molecule has 4 heteroatoms. The van der Waals surface area contributed by atoms with E-state index in [1.54, 1.807) is 18.6 Å². The molecule has 0 aromatic carbocycles. The summed E-state index contributed by atoms with van der Waals surface area (Å²) in [7, 11) is 0. The molecule has 2 aromatic rings. The lowest BCUT2D eigenvalue weighted by atomic mass is 10.5. The van der Waals surface area contributed by atoms with E-state index in [0.717, 1.165) is 5.69 Å². The topological polar surface area (TPSA) is 50.8 Å². The van der Waals surface area contributed by atoms with Gasteiger partial charge in [0.2, 0.25) is 0 Å². The van der Waals surface area contributed by atoms with Crippen molar-refractivity contribution < 1.29 is 4.74 Å². The van der Waals surface area contributed by atoms with Crippen molar-refractivity contribution in [3.63, 3.8) is 0 Å². The van der Waals surface area contributed by atoms with Gasteiger partial charge in [-0.15, -0.1) is 0 Å². The van der Waals surface area contributed by atoms with Crippen LogP contribution in [0.2, 0.25) is 0 Å². The second kappa shape index (κ2) is 3.26. The zero-order valence-electron chi connectivity index (χ0n) is 7.19. The SMILES string of the molecule is Cc1cnc(Oc2cccnc2)[nH]1. The molecule has 2 aromatic heterocycles. The van der Waals surface area contributed by atoms with Crippen molar-refractivity contribution in [3.05, 3.63) is 36.4 Å². The van der Waals surface area contributed by atoms with Crippen molar-refractivity contribution in [2.75, 3.05) is 0 Å². The Morgan fingerprint density at radius 1 is 1.38 bits per heavy atom. The number of pyridine rings is 1. The first-order chi connectivity index (χ1) is 6.34. The minimum Gasteiger partial charge on any atom is -0.424 e. The number of nitrogens with one attached hydrogen (secondary N) is 1. The molecule has 0 aliphatic carbocycles. The number of aromatic amines is 1. The summed E-state index contributed by atoms with van der Waals surface area (Å²) < 4.78 is 5.37.